The summed E-state index contributed by atoms with van der Waals surface area (Å²) in [5, 5.41) is 3.38. The molecule has 0 unspecified atom stereocenters. The smallest absolute Gasteiger partial charge is 0.222 e. The average Bonchev–Trinajstić information content (AvgIpc) is 2.63. The SMILES string of the molecule is CNc1ncc(-c2ccc(Oc3cc(Cl)ccc3C=O)cc2)cn1. The lowest BCUT2D eigenvalue weighted by molar-refractivity contribution is 0.112. The van der Waals surface area contributed by atoms with Crippen molar-refractivity contribution in [2.24, 2.45) is 0 Å². The largest absolute Gasteiger partial charge is 0.457 e. The Morgan fingerprint density at radius 3 is 2.38 bits per heavy atom. The van der Waals surface area contributed by atoms with E-state index in [0.29, 0.717) is 28.0 Å². The third-order valence-electron chi connectivity index (χ3n) is 3.39. The molecule has 1 N–H and O–H groups in total. The van der Waals surface area contributed by atoms with Crippen molar-refractivity contribution in [1.29, 1.82) is 0 Å². The molecule has 0 aliphatic carbocycles. The van der Waals surface area contributed by atoms with Crippen molar-refractivity contribution < 1.29 is 9.53 Å². The Balaban J connectivity index is 1.82. The van der Waals surface area contributed by atoms with Crippen LogP contribution in [0.15, 0.2) is 54.9 Å². The topological polar surface area (TPSA) is 64.1 Å². The number of aldehydes is 1. The van der Waals surface area contributed by atoms with Gasteiger partial charge in [-0.1, -0.05) is 23.7 Å². The molecular formula is C18H14ClN3O2. The summed E-state index contributed by atoms with van der Waals surface area (Å²) in [6.45, 7) is 0. The van der Waals surface area contributed by atoms with E-state index in [1.807, 2.05) is 24.3 Å². The number of anilines is 1. The highest BCUT2D eigenvalue weighted by atomic mass is 35.5. The number of aromatic nitrogens is 2. The van der Waals surface area contributed by atoms with Gasteiger partial charge in [0.05, 0.1) is 5.56 Å². The monoisotopic (exact) mass is 339 g/mol. The van der Waals surface area contributed by atoms with Crippen LogP contribution in [0.3, 0.4) is 0 Å². The average molecular weight is 340 g/mol. The number of halogens is 1. The number of carbonyl (C=O) groups excluding carboxylic acids is 1. The van der Waals surface area contributed by atoms with Crippen LogP contribution in [0.2, 0.25) is 5.02 Å². The zero-order valence-corrected chi connectivity index (χ0v) is 13.6. The third kappa shape index (κ3) is 3.52. The first-order valence-corrected chi connectivity index (χ1v) is 7.60. The summed E-state index contributed by atoms with van der Waals surface area (Å²) in [6.07, 6.45) is 4.23. The summed E-state index contributed by atoms with van der Waals surface area (Å²) in [5.41, 5.74) is 2.31. The lowest BCUT2D eigenvalue weighted by Gasteiger charge is -2.09. The summed E-state index contributed by atoms with van der Waals surface area (Å²) >= 11 is 5.96. The Hall–Kier alpha value is -2.92. The fraction of sp³-hybridized carbons (Fsp3) is 0.0556. The van der Waals surface area contributed by atoms with Crippen LogP contribution in [-0.4, -0.2) is 23.3 Å². The molecule has 0 saturated carbocycles. The van der Waals surface area contributed by atoms with Crippen molar-refractivity contribution in [2.75, 3.05) is 12.4 Å². The number of rotatable bonds is 5. The van der Waals surface area contributed by atoms with E-state index in [1.54, 1.807) is 37.6 Å². The highest BCUT2D eigenvalue weighted by molar-refractivity contribution is 6.30. The summed E-state index contributed by atoms with van der Waals surface area (Å²) in [5.74, 6) is 1.60. The number of nitrogens with one attached hydrogen (secondary N) is 1. The van der Waals surface area contributed by atoms with Crippen molar-refractivity contribution in [3.63, 3.8) is 0 Å². The first-order valence-electron chi connectivity index (χ1n) is 7.22. The van der Waals surface area contributed by atoms with E-state index in [0.717, 1.165) is 17.4 Å². The minimum atomic E-state index is 0.423. The summed E-state index contributed by atoms with van der Waals surface area (Å²) in [6, 6.07) is 12.3. The van der Waals surface area contributed by atoms with Gasteiger partial charge in [0.15, 0.2) is 6.29 Å². The molecule has 24 heavy (non-hydrogen) atoms. The van der Waals surface area contributed by atoms with Gasteiger partial charge < -0.3 is 10.1 Å². The highest BCUT2D eigenvalue weighted by Crippen LogP contribution is 2.29. The zero-order valence-electron chi connectivity index (χ0n) is 12.9. The standard InChI is InChI=1S/C18H14ClN3O2/c1-20-18-21-9-14(10-22-18)12-3-6-16(7-4-12)24-17-8-15(19)5-2-13(17)11-23/h2-11H,1H3,(H,20,21,22). The molecule has 0 aliphatic heterocycles. The molecule has 5 nitrogen and oxygen atoms in total. The van der Waals surface area contributed by atoms with Crippen LogP contribution >= 0.6 is 11.6 Å². The van der Waals surface area contributed by atoms with Gasteiger partial charge in [-0.3, -0.25) is 4.79 Å². The Kier molecular flexibility index (Phi) is 4.72. The predicted molar refractivity (Wildman–Crippen MR) is 93.9 cm³/mol. The van der Waals surface area contributed by atoms with Crippen molar-refractivity contribution in [3.8, 4) is 22.6 Å². The summed E-state index contributed by atoms with van der Waals surface area (Å²) in [4.78, 5) is 19.5. The van der Waals surface area contributed by atoms with Gasteiger partial charge in [0.25, 0.3) is 0 Å². The van der Waals surface area contributed by atoms with Gasteiger partial charge in [0.2, 0.25) is 5.95 Å². The van der Waals surface area contributed by atoms with Gasteiger partial charge in [0.1, 0.15) is 11.5 Å². The highest BCUT2D eigenvalue weighted by Gasteiger charge is 2.06. The maximum absolute atomic E-state index is 11.1. The Bertz CT molecular complexity index is 849. The van der Waals surface area contributed by atoms with Crippen LogP contribution in [0.1, 0.15) is 10.4 Å². The Labute approximate surface area is 144 Å². The lowest BCUT2D eigenvalue weighted by Crippen LogP contribution is -1.95. The second-order valence-electron chi connectivity index (χ2n) is 4.97. The van der Waals surface area contributed by atoms with Crippen LogP contribution < -0.4 is 10.1 Å². The lowest BCUT2D eigenvalue weighted by atomic mass is 10.1. The first kappa shape index (κ1) is 16.0. The molecule has 6 heteroatoms. The van der Waals surface area contributed by atoms with Crippen LogP contribution in [0.4, 0.5) is 5.95 Å². The molecule has 120 valence electrons. The fourth-order valence-electron chi connectivity index (χ4n) is 2.14. The molecule has 1 aromatic heterocycles. The number of hydrogen-bond acceptors (Lipinski definition) is 5. The summed E-state index contributed by atoms with van der Waals surface area (Å²) in [7, 11) is 1.77. The number of nitrogens with zero attached hydrogens (tertiary/aromatic N) is 2. The van der Waals surface area contributed by atoms with Gasteiger partial charge in [0, 0.05) is 36.1 Å². The van der Waals surface area contributed by atoms with Crippen molar-refractivity contribution >= 4 is 23.8 Å². The van der Waals surface area contributed by atoms with Gasteiger partial charge in [-0.15, -0.1) is 0 Å². The molecule has 3 rings (SSSR count). The molecule has 0 saturated heterocycles. The quantitative estimate of drug-likeness (QED) is 0.696. The number of benzene rings is 2. The maximum atomic E-state index is 11.1. The summed E-state index contributed by atoms with van der Waals surface area (Å²) < 4.78 is 5.75. The fourth-order valence-corrected chi connectivity index (χ4v) is 2.30. The van der Waals surface area contributed by atoms with Crippen molar-refractivity contribution in [3.05, 3.63) is 65.4 Å². The Morgan fingerprint density at radius 1 is 1.04 bits per heavy atom. The van der Waals surface area contributed by atoms with E-state index in [4.69, 9.17) is 16.3 Å². The van der Waals surface area contributed by atoms with Crippen molar-refractivity contribution in [1.82, 2.24) is 9.97 Å². The van der Waals surface area contributed by atoms with Gasteiger partial charge >= 0.3 is 0 Å². The predicted octanol–water partition coefficient (Wildman–Crippen LogP) is 4.44. The minimum Gasteiger partial charge on any atom is -0.457 e. The molecule has 0 aliphatic rings. The molecular weight excluding hydrogens is 326 g/mol. The number of hydrogen-bond donors (Lipinski definition) is 1. The first-order chi connectivity index (χ1) is 11.7. The molecule has 2 aromatic carbocycles. The normalized spacial score (nSPS) is 10.2. The van der Waals surface area contributed by atoms with E-state index >= 15 is 0 Å². The number of carbonyl (C=O) groups is 1. The molecule has 0 atom stereocenters. The van der Waals surface area contributed by atoms with Gasteiger partial charge in [-0.25, -0.2) is 9.97 Å². The van der Waals surface area contributed by atoms with Crippen LogP contribution in [0.5, 0.6) is 11.5 Å². The molecule has 0 bridgehead atoms. The van der Waals surface area contributed by atoms with Crippen LogP contribution in [-0.2, 0) is 0 Å². The van der Waals surface area contributed by atoms with E-state index in [2.05, 4.69) is 15.3 Å². The molecule has 0 radical (unpaired) electrons. The zero-order chi connectivity index (χ0) is 16.9. The second kappa shape index (κ2) is 7.10. The molecule has 1 heterocycles. The maximum Gasteiger partial charge on any atom is 0.222 e. The number of ether oxygens (including phenoxy) is 1. The molecule has 0 fully saturated rings. The molecule has 0 spiro atoms. The van der Waals surface area contributed by atoms with E-state index in [1.165, 1.54) is 0 Å². The van der Waals surface area contributed by atoms with Crippen LogP contribution in [0, 0.1) is 0 Å². The minimum absolute atomic E-state index is 0.423. The second-order valence-corrected chi connectivity index (χ2v) is 5.41. The van der Waals surface area contributed by atoms with Crippen molar-refractivity contribution in [2.45, 2.75) is 0 Å². The van der Waals surface area contributed by atoms with E-state index < -0.39 is 0 Å². The Morgan fingerprint density at radius 2 is 1.75 bits per heavy atom. The third-order valence-corrected chi connectivity index (χ3v) is 3.63. The van der Waals surface area contributed by atoms with Gasteiger partial charge in [-0.05, 0) is 29.8 Å². The van der Waals surface area contributed by atoms with Crippen LogP contribution in [0.25, 0.3) is 11.1 Å². The molecule has 3 aromatic rings. The van der Waals surface area contributed by atoms with E-state index in [9.17, 15) is 4.79 Å². The molecule has 0 amide bonds. The van der Waals surface area contributed by atoms with Gasteiger partial charge in [-0.2, -0.15) is 0 Å². The van der Waals surface area contributed by atoms with E-state index in [-0.39, 0.29) is 0 Å².